The van der Waals surface area contributed by atoms with Crippen molar-refractivity contribution in [2.24, 2.45) is 5.41 Å². The molecule has 0 heterocycles. The van der Waals surface area contributed by atoms with E-state index in [0.717, 1.165) is 13.1 Å². The Balaban J connectivity index is 4.34. The van der Waals surface area contributed by atoms with Gasteiger partial charge in [0.2, 0.25) is 0 Å². The van der Waals surface area contributed by atoms with Gasteiger partial charge in [0.05, 0.1) is 0 Å². The van der Waals surface area contributed by atoms with Gasteiger partial charge >= 0.3 is 0 Å². The van der Waals surface area contributed by atoms with Gasteiger partial charge in [0, 0.05) is 13.1 Å². The van der Waals surface area contributed by atoms with Crippen molar-refractivity contribution in [3.8, 4) is 0 Å². The van der Waals surface area contributed by atoms with Crippen molar-refractivity contribution >= 4 is 0 Å². The van der Waals surface area contributed by atoms with Crippen molar-refractivity contribution in [3.05, 3.63) is 12.0 Å². The van der Waals surface area contributed by atoms with E-state index in [0.29, 0.717) is 5.88 Å². The molecule has 0 fully saturated rings. The summed E-state index contributed by atoms with van der Waals surface area (Å²) >= 11 is 0. The van der Waals surface area contributed by atoms with E-state index in [1.165, 1.54) is 0 Å². The molecule has 0 aliphatic carbocycles. The molecule has 1 N–H and O–H groups in total. The number of hydrogen-bond donors (Lipinski definition) is 1. The van der Waals surface area contributed by atoms with Crippen LogP contribution in [0.4, 0.5) is 0 Å². The van der Waals surface area contributed by atoms with Crippen LogP contribution in [0.3, 0.4) is 0 Å². The minimum Gasteiger partial charge on any atom is -0.495 e. The van der Waals surface area contributed by atoms with Crippen LogP contribution in [0.1, 0.15) is 34.6 Å². The van der Waals surface area contributed by atoms with Gasteiger partial charge in [-0.3, -0.25) is 0 Å². The SMILES string of the molecule is CCN(CC)C(O)=CC(C)(C)C. The molecule has 0 aromatic carbocycles. The molecular weight excluding hydrogens is 150 g/mol. The number of hydrogen-bond acceptors (Lipinski definition) is 2. The third kappa shape index (κ3) is 4.27. The second-order valence-electron chi connectivity index (χ2n) is 4.04. The Labute approximate surface area is 75.9 Å². The van der Waals surface area contributed by atoms with Gasteiger partial charge in [-0.2, -0.15) is 0 Å². The molecule has 2 heteroatoms. The van der Waals surface area contributed by atoms with Crippen LogP contribution in [0, 0.1) is 5.41 Å². The topological polar surface area (TPSA) is 23.5 Å². The van der Waals surface area contributed by atoms with Crippen molar-refractivity contribution in [2.45, 2.75) is 34.6 Å². The maximum absolute atomic E-state index is 9.63. The lowest BCUT2D eigenvalue weighted by molar-refractivity contribution is 0.208. The molecule has 0 radical (unpaired) electrons. The number of allylic oxidation sites excluding steroid dienone is 1. The Kier molecular flexibility index (Phi) is 4.15. The summed E-state index contributed by atoms with van der Waals surface area (Å²) in [5.41, 5.74) is 0.0483. The fourth-order valence-corrected chi connectivity index (χ4v) is 1.03. The van der Waals surface area contributed by atoms with Crippen LogP contribution in [0.25, 0.3) is 0 Å². The standard InChI is InChI=1S/C10H21NO/c1-6-11(7-2)9(12)8-10(3,4)5/h8,12H,6-7H2,1-5H3. The van der Waals surface area contributed by atoms with Crippen molar-refractivity contribution in [1.29, 1.82) is 0 Å². The van der Waals surface area contributed by atoms with E-state index < -0.39 is 0 Å². The van der Waals surface area contributed by atoms with Crippen molar-refractivity contribution < 1.29 is 5.11 Å². The lowest BCUT2D eigenvalue weighted by Gasteiger charge is -2.22. The van der Waals surface area contributed by atoms with Gasteiger partial charge in [0.25, 0.3) is 0 Å². The minimum atomic E-state index is 0.0483. The summed E-state index contributed by atoms with van der Waals surface area (Å²) in [7, 11) is 0. The molecule has 0 amide bonds. The molecule has 0 saturated heterocycles. The molecule has 0 spiro atoms. The lowest BCUT2D eigenvalue weighted by atomic mass is 9.97. The van der Waals surface area contributed by atoms with Gasteiger partial charge in [-0.15, -0.1) is 0 Å². The van der Waals surface area contributed by atoms with E-state index in [-0.39, 0.29) is 5.41 Å². The Bertz CT molecular complexity index is 152. The normalized spacial score (nSPS) is 13.2. The maximum atomic E-state index is 9.63. The highest BCUT2D eigenvalue weighted by molar-refractivity contribution is 4.97. The zero-order valence-electron chi connectivity index (χ0n) is 8.89. The van der Waals surface area contributed by atoms with Gasteiger partial charge in [-0.25, -0.2) is 0 Å². The van der Waals surface area contributed by atoms with E-state index in [1.807, 2.05) is 24.8 Å². The quantitative estimate of drug-likeness (QED) is 0.660. The van der Waals surface area contributed by atoms with Crippen molar-refractivity contribution in [2.75, 3.05) is 13.1 Å². The Morgan fingerprint density at radius 3 is 1.92 bits per heavy atom. The summed E-state index contributed by atoms with van der Waals surface area (Å²) in [6.45, 7) is 12.0. The predicted octanol–water partition coefficient (Wildman–Crippen LogP) is 2.77. The first-order valence-electron chi connectivity index (χ1n) is 4.57. The molecule has 0 atom stereocenters. The van der Waals surface area contributed by atoms with Gasteiger partial charge in [-0.05, 0) is 25.3 Å². The molecule has 0 unspecified atom stereocenters. The average Bonchev–Trinajstić information content (AvgIpc) is 1.85. The fraction of sp³-hybridized carbons (Fsp3) is 0.800. The van der Waals surface area contributed by atoms with Crippen LogP contribution < -0.4 is 0 Å². The first-order valence-corrected chi connectivity index (χ1v) is 4.57. The highest BCUT2D eigenvalue weighted by atomic mass is 16.3. The van der Waals surface area contributed by atoms with E-state index in [1.54, 1.807) is 0 Å². The van der Waals surface area contributed by atoms with Gasteiger partial charge in [-0.1, -0.05) is 20.8 Å². The Morgan fingerprint density at radius 1 is 1.25 bits per heavy atom. The van der Waals surface area contributed by atoms with E-state index in [4.69, 9.17) is 0 Å². The summed E-state index contributed by atoms with van der Waals surface area (Å²) in [6.07, 6.45) is 1.89. The van der Waals surface area contributed by atoms with E-state index >= 15 is 0 Å². The molecule has 0 aromatic rings. The van der Waals surface area contributed by atoms with Gasteiger partial charge in [0.1, 0.15) is 0 Å². The summed E-state index contributed by atoms with van der Waals surface area (Å²) in [5.74, 6) is 0.396. The molecule has 12 heavy (non-hydrogen) atoms. The summed E-state index contributed by atoms with van der Waals surface area (Å²) in [6, 6.07) is 0. The Hall–Kier alpha value is -0.660. The summed E-state index contributed by atoms with van der Waals surface area (Å²) < 4.78 is 0. The van der Waals surface area contributed by atoms with Crippen LogP contribution in [-0.2, 0) is 0 Å². The number of aliphatic hydroxyl groups excluding tert-OH is 1. The first kappa shape index (κ1) is 11.3. The van der Waals surface area contributed by atoms with Gasteiger partial charge in [0.15, 0.2) is 5.88 Å². The monoisotopic (exact) mass is 171 g/mol. The molecule has 0 saturated carbocycles. The molecule has 0 aromatic heterocycles. The largest absolute Gasteiger partial charge is 0.495 e. The third-order valence-corrected chi connectivity index (χ3v) is 1.65. The molecule has 72 valence electrons. The second kappa shape index (κ2) is 4.39. The molecular formula is C10H21NO. The average molecular weight is 171 g/mol. The molecule has 2 nitrogen and oxygen atoms in total. The fourth-order valence-electron chi connectivity index (χ4n) is 1.03. The number of nitrogens with zero attached hydrogens (tertiary/aromatic N) is 1. The Morgan fingerprint density at radius 2 is 1.67 bits per heavy atom. The number of rotatable bonds is 3. The molecule has 0 rings (SSSR count). The highest BCUT2D eigenvalue weighted by Crippen LogP contribution is 2.17. The first-order chi connectivity index (χ1) is 5.40. The summed E-state index contributed by atoms with van der Waals surface area (Å²) in [4.78, 5) is 1.94. The molecule has 0 aliphatic heterocycles. The zero-order chi connectivity index (χ0) is 9.78. The smallest absolute Gasteiger partial charge is 0.183 e. The molecule has 0 aliphatic rings. The third-order valence-electron chi connectivity index (χ3n) is 1.65. The van der Waals surface area contributed by atoms with Gasteiger partial charge < -0.3 is 10.0 Å². The van der Waals surface area contributed by atoms with Crippen LogP contribution in [0.5, 0.6) is 0 Å². The molecule has 0 bridgehead atoms. The maximum Gasteiger partial charge on any atom is 0.183 e. The number of aliphatic hydroxyl groups is 1. The van der Waals surface area contributed by atoms with Crippen LogP contribution in [0.2, 0.25) is 0 Å². The zero-order valence-corrected chi connectivity index (χ0v) is 8.89. The van der Waals surface area contributed by atoms with Crippen LogP contribution in [-0.4, -0.2) is 23.1 Å². The minimum absolute atomic E-state index is 0.0483. The van der Waals surface area contributed by atoms with Crippen molar-refractivity contribution in [1.82, 2.24) is 4.90 Å². The lowest BCUT2D eigenvalue weighted by Crippen LogP contribution is -2.23. The van der Waals surface area contributed by atoms with E-state index in [2.05, 4.69) is 20.8 Å². The van der Waals surface area contributed by atoms with Crippen molar-refractivity contribution in [3.63, 3.8) is 0 Å². The summed E-state index contributed by atoms with van der Waals surface area (Å²) in [5, 5.41) is 9.63. The van der Waals surface area contributed by atoms with Crippen LogP contribution >= 0.6 is 0 Å². The van der Waals surface area contributed by atoms with Crippen LogP contribution in [0.15, 0.2) is 12.0 Å². The predicted molar refractivity (Wildman–Crippen MR) is 53.1 cm³/mol. The highest BCUT2D eigenvalue weighted by Gasteiger charge is 2.10. The van der Waals surface area contributed by atoms with E-state index in [9.17, 15) is 5.11 Å². The second-order valence-corrected chi connectivity index (χ2v) is 4.04.